The Kier molecular flexibility index (Phi) is 4.85. The van der Waals surface area contributed by atoms with E-state index in [1.165, 1.54) is 6.92 Å². The predicted molar refractivity (Wildman–Crippen MR) is 90.5 cm³/mol. The number of halogens is 1. The Labute approximate surface area is 145 Å². The van der Waals surface area contributed by atoms with Gasteiger partial charge in [0.1, 0.15) is 6.04 Å². The maximum Gasteiger partial charge on any atom is 0.245 e. The minimum Gasteiger partial charge on any atom is -0.348 e. The summed E-state index contributed by atoms with van der Waals surface area (Å²) in [5.74, 6) is -0.321. The van der Waals surface area contributed by atoms with Crippen LogP contribution in [0.4, 0.5) is 0 Å². The van der Waals surface area contributed by atoms with Crippen molar-refractivity contribution in [1.82, 2.24) is 20.2 Å². The van der Waals surface area contributed by atoms with Crippen LogP contribution in [0.2, 0.25) is 5.02 Å². The van der Waals surface area contributed by atoms with Crippen LogP contribution in [-0.2, 0) is 29.0 Å². The van der Waals surface area contributed by atoms with Crippen molar-refractivity contribution in [3.8, 4) is 0 Å². The number of hydrogen-bond donors (Lipinski definition) is 2. The molecule has 2 aromatic rings. The number of carbonyl (C=O) groups is 2. The van der Waals surface area contributed by atoms with E-state index >= 15 is 0 Å². The monoisotopic (exact) mass is 346 g/mol. The second-order valence-corrected chi connectivity index (χ2v) is 6.33. The summed E-state index contributed by atoms with van der Waals surface area (Å²) in [6.45, 7) is 2.51. The summed E-state index contributed by atoms with van der Waals surface area (Å²) >= 11 is 6.22. The van der Waals surface area contributed by atoms with Gasteiger partial charge >= 0.3 is 0 Å². The van der Waals surface area contributed by atoms with Crippen molar-refractivity contribution in [2.75, 3.05) is 6.54 Å². The third-order valence-corrected chi connectivity index (χ3v) is 4.53. The Hall–Kier alpha value is -2.34. The van der Waals surface area contributed by atoms with Gasteiger partial charge in [-0.2, -0.15) is 0 Å². The molecular weight excluding hydrogens is 328 g/mol. The van der Waals surface area contributed by atoms with E-state index in [1.807, 2.05) is 18.2 Å². The molecule has 3 rings (SSSR count). The van der Waals surface area contributed by atoms with E-state index in [2.05, 4.69) is 15.3 Å². The molecule has 2 heterocycles. The Morgan fingerprint density at radius 3 is 3.00 bits per heavy atom. The first-order chi connectivity index (χ1) is 11.5. The van der Waals surface area contributed by atoms with Crippen molar-refractivity contribution in [3.63, 3.8) is 0 Å². The van der Waals surface area contributed by atoms with Gasteiger partial charge in [-0.25, -0.2) is 4.98 Å². The maximum atomic E-state index is 12.9. The van der Waals surface area contributed by atoms with Gasteiger partial charge in [-0.05, 0) is 23.6 Å². The summed E-state index contributed by atoms with van der Waals surface area (Å²) in [6, 6.07) is 5.15. The highest BCUT2D eigenvalue weighted by Crippen LogP contribution is 2.26. The lowest BCUT2D eigenvalue weighted by Crippen LogP contribution is -2.50. The zero-order valence-electron chi connectivity index (χ0n) is 13.4. The molecule has 126 valence electrons. The van der Waals surface area contributed by atoms with Crippen LogP contribution < -0.4 is 5.32 Å². The summed E-state index contributed by atoms with van der Waals surface area (Å²) in [7, 11) is 0. The highest BCUT2D eigenvalue weighted by Gasteiger charge is 2.29. The quantitative estimate of drug-likeness (QED) is 0.884. The molecule has 1 aromatic carbocycles. The normalized spacial score (nSPS) is 14.8. The van der Waals surface area contributed by atoms with E-state index < -0.39 is 6.04 Å². The number of hydrogen-bond acceptors (Lipinski definition) is 3. The van der Waals surface area contributed by atoms with Gasteiger partial charge in [-0.3, -0.25) is 9.59 Å². The standard InChI is InChI=1S/C17H19ClN4O2/c1-11(23)21-16(7-13-8-19-10-20-13)17(24)22-6-5-14-12(9-22)3-2-4-15(14)18/h2-4,8,10,16H,5-7,9H2,1H3,(H,19,20)(H,21,23)/t16-/m0/s1. The fraction of sp³-hybridized carbons (Fsp3) is 0.353. The van der Waals surface area contributed by atoms with Gasteiger partial charge in [0.2, 0.25) is 11.8 Å². The van der Waals surface area contributed by atoms with E-state index in [9.17, 15) is 9.59 Å². The van der Waals surface area contributed by atoms with E-state index in [4.69, 9.17) is 11.6 Å². The lowest BCUT2D eigenvalue weighted by Gasteiger charge is -2.32. The number of aromatic amines is 1. The van der Waals surface area contributed by atoms with Gasteiger partial charge < -0.3 is 15.2 Å². The zero-order chi connectivity index (χ0) is 17.1. The second kappa shape index (κ2) is 7.05. The van der Waals surface area contributed by atoms with Crippen LogP contribution >= 0.6 is 11.6 Å². The molecule has 0 saturated heterocycles. The molecule has 1 aromatic heterocycles. The number of nitrogens with zero attached hydrogens (tertiary/aromatic N) is 2. The molecular formula is C17H19ClN4O2. The molecule has 24 heavy (non-hydrogen) atoms. The molecule has 0 unspecified atom stereocenters. The first kappa shape index (κ1) is 16.5. The van der Waals surface area contributed by atoms with Crippen molar-refractivity contribution in [1.29, 1.82) is 0 Å². The van der Waals surface area contributed by atoms with E-state index in [0.717, 1.165) is 28.3 Å². The summed E-state index contributed by atoms with van der Waals surface area (Å²) in [5.41, 5.74) is 2.97. The highest BCUT2D eigenvalue weighted by molar-refractivity contribution is 6.31. The molecule has 1 aliphatic heterocycles. The predicted octanol–water partition coefficient (Wildman–Crippen LogP) is 1.70. The maximum absolute atomic E-state index is 12.9. The Bertz CT molecular complexity index is 745. The van der Waals surface area contributed by atoms with Crippen LogP contribution in [0.5, 0.6) is 0 Å². The molecule has 1 atom stereocenters. The van der Waals surface area contributed by atoms with Gasteiger partial charge in [0.25, 0.3) is 0 Å². The number of rotatable bonds is 4. The van der Waals surface area contributed by atoms with E-state index in [-0.39, 0.29) is 11.8 Å². The minimum atomic E-state index is -0.608. The third-order valence-electron chi connectivity index (χ3n) is 4.17. The summed E-state index contributed by atoms with van der Waals surface area (Å²) in [5, 5.41) is 3.49. The number of aromatic nitrogens is 2. The summed E-state index contributed by atoms with van der Waals surface area (Å²) in [4.78, 5) is 33.1. The van der Waals surface area contributed by atoms with Gasteiger partial charge in [0.05, 0.1) is 6.33 Å². The largest absolute Gasteiger partial charge is 0.348 e. The Morgan fingerprint density at radius 2 is 2.29 bits per heavy atom. The van der Waals surface area contributed by atoms with Crippen molar-refractivity contribution < 1.29 is 9.59 Å². The number of carbonyl (C=O) groups excluding carboxylic acids is 2. The van der Waals surface area contributed by atoms with Crippen molar-refractivity contribution >= 4 is 23.4 Å². The molecule has 0 aliphatic carbocycles. The molecule has 7 heteroatoms. The summed E-state index contributed by atoms with van der Waals surface area (Å²) < 4.78 is 0. The summed E-state index contributed by atoms with van der Waals surface area (Å²) in [6.07, 6.45) is 4.33. The molecule has 2 N–H and O–H groups in total. The Balaban J connectivity index is 1.76. The number of nitrogens with one attached hydrogen (secondary N) is 2. The lowest BCUT2D eigenvalue weighted by molar-refractivity contribution is -0.136. The number of imidazole rings is 1. The molecule has 1 aliphatic rings. The fourth-order valence-electron chi connectivity index (χ4n) is 3.03. The average Bonchev–Trinajstić information content (AvgIpc) is 3.06. The van der Waals surface area contributed by atoms with Gasteiger partial charge in [-0.15, -0.1) is 0 Å². The molecule has 2 amide bonds. The molecule has 6 nitrogen and oxygen atoms in total. The van der Waals surface area contributed by atoms with Crippen molar-refractivity contribution in [2.45, 2.75) is 32.4 Å². The van der Waals surface area contributed by atoms with E-state index in [1.54, 1.807) is 17.4 Å². The van der Waals surface area contributed by atoms with Crippen LogP contribution in [0, 0.1) is 0 Å². The van der Waals surface area contributed by atoms with Gasteiger partial charge in [0, 0.05) is 43.3 Å². The van der Waals surface area contributed by atoms with Crippen LogP contribution in [-0.4, -0.2) is 39.3 Å². The first-order valence-corrected chi connectivity index (χ1v) is 8.22. The van der Waals surface area contributed by atoms with Gasteiger partial charge in [0.15, 0.2) is 0 Å². The molecule has 0 fully saturated rings. The van der Waals surface area contributed by atoms with Gasteiger partial charge in [-0.1, -0.05) is 23.7 Å². The fourth-order valence-corrected chi connectivity index (χ4v) is 3.32. The second-order valence-electron chi connectivity index (χ2n) is 5.92. The average molecular weight is 347 g/mol. The van der Waals surface area contributed by atoms with Crippen molar-refractivity contribution in [2.24, 2.45) is 0 Å². The number of amides is 2. The molecule has 0 bridgehead atoms. The number of fused-ring (bicyclic) bond motifs is 1. The van der Waals surface area contributed by atoms with Crippen molar-refractivity contribution in [3.05, 3.63) is 52.6 Å². The lowest BCUT2D eigenvalue weighted by atomic mass is 9.98. The zero-order valence-corrected chi connectivity index (χ0v) is 14.1. The smallest absolute Gasteiger partial charge is 0.245 e. The highest BCUT2D eigenvalue weighted by atomic mass is 35.5. The van der Waals surface area contributed by atoms with Crippen LogP contribution in [0.15, 0.2) is 30.7 Å². The van der Waals surface area contributed by atoms with Crippen LogP contribution in [0.25, 0.3) is 0 Å². The number of benzene rings is 1. The topological polar surface area (TPSA) is 78.1 Å². The SMILES string of the molecule is CC(=O)N[C@@H](Cc1cnc[nH]1)C(=O)N1CCc2c(Cl)cccc2C1. The molecule has 0 spiro atoms. The molecule has 0 saturated carbocycles. The third kappa shape index (κ3) is 3.59. The minimum absolute atomic E-state index is 0.0922. The van der Waals surface area contributed by atoms with Crippen LogP contribution in [0.3, 0.4) is 0 Å². The first-order valence-electron chi connectivity index (χ1n) is 7.84. The van der Waals surface area contributed by atoms with Crippen LogP contribution in [0.1, 0.15) is 23.7 Å². The number of H-pyrrole nitrogens is 1. The Morgan fingerprint density at radius 1 is 1.46 bits per heavy atom. The molecule has 0 radical (unpaired) electrons. The van der Waals surface area contributed by atoms with E-state index in [0.29, 0.717) is 19.5 Å².